The summed E-state index contributed by atoms with van der Waals surface area (Å²) in [6, 6.07) is 16.7. The van der Waals surface area contributed by atoms with Gasteiger partial charge in [0.25, 0.3) is 10.0 Å². The van der Waals surface area contributed by atoms with Gasteiger partial charge in [0.15, 0.2) is 0 Å². The normalized spacial score (nSPS) is 21.3. The fourth-order valence-electron chi connectivity index (χ4n) is 3.23. The van der Waals surface area contributed by atoms with E-state index in [4.69, 9.17) is 0 Å². The third-order valence-electron chi connectivity index (χ3n) is 4.32. The van der Waals surface area contributed by atoms with E-state index in [0.29, 0.717) is 4.90 Å². The molecule has 1 aliphatic heterocycles. The van der Waals surface area contributed by atoms with Gasteiger partial charge in [-0.15, -0.1) is 0 Å². The third kappa shape index (κ3) is 2.79. The minimum absolute atomic E-state index is 0.137. The van der Waals surface area contributed by atoms with E-state index >= 15 is 0 Å². The van der Waals surface area contributed by atoms with E-state index in [-0.39, 0.29) is 12.0 Å². The predicted octanol–water partition coefficient (Wildman–Crippen LogP) is 4.28. The first-order valence-corrected chi connectivity index (χ1v) is 9.20. The first-order chi connectivity index (χ1) is 10.9. The van der Waals surface area contributed by atoms with Crippen LogP contribution in [0.3, 0.4) is 0 Å². The van der Waals surface area contributed by atoms with Gasteiger partial charge >= 0.3 is 0 Å². The van der Waals surface area contributed by atoms with E-state index in [1.807, 2.05) is 62.4 Å². The summed E-state index contributed by atoms with van der Waals surface area (Å²) in [6.07, 6.45) is 2.03. The number of nitrogens with zero attached hydrogens (tertiary/aromatic N) is 1. The standard InChI is InChI=1S/C19H21NO2S/c1-14-9-11-18(12-10-14)23(21,22)20-16(3)13-15(2)19(20)17-7-5-4-6-8-17/h4-13,15,19H,1-3H3. The van der Waals surface area contributed by atoms with Crippen molar-refractivity contribution in [2.24, 2.45) is 5.92 Å². The van der Waals surface area contributed by atoms with Crippen LogP contribution in [0.1, 0.15) is 31.0 Å². The van der Waals surface area contributed by atoms with Crippen LogP contribution in [0, 0.1) is 12.8 Å². The second-order valence-electron chi connectivity index (χ2n) is 6.14. The van der Waals surface area contributed by atoms with Crippen LogP contribution in [0.5, 0.6) is 0 Å². The van der Waals surface area contributed by atoms with Gasteiger partial charge in [0.1, 0.15) is 0 Å². The Hall–Kier alpha value is -2.07. The fraction of sp³-hybridized carbons (Fsp3) is 0.263. The van der Waals surface area contributed by atoms with Gasteiger partial charge in [-0.2, -0.15) is 0 Å². The van der Waals surface area contributed by atoms with Crippen LogP contribution in [0.15, 0.2) is 71.3 Å². The van der Waals surface area contributed by atoms with E-state index < -0.39 is 10.0 Å². The summed E-state index contributed by atoms with van der Waals surface area (Å²) in [5.74, 6) is 0.137. The Morgan fingerprint density at radius 2 is 1.52 bits per heavy atom. The Bertz CT molecular complexity index is 823. The van der Waals surface area contributed by atoms with Crippen LogP contribution < -0.4 is 0 Å². The molecular weight excluding hydrogens is 306 g/mol. The molecule has 4 heteroatoms. The Kier molecular flexibility index (Phi) is 4.02. The minimum atomic E-state index is -3.57. The lowest BCUT2D eigenvalue weighted by Crippen LogP contribution is -2.32. The van der Waals surface area contributed by atoms with Crippen molar-refractivity contribution in [1.29, 1.82) is 0 Å². The molecule has 0 radical (unpaired) electrons. The number of hydrogen-bond donors (Lipinski definition) is 0. The highest BCUT2D eigenvalue weighted by atomic mass is 32.2. The van der Waals surface area contributed by atoms with Gasteiger partial charge in [0.05, 0.1) is 10.9 Å². The van der Waals surface area contributed by atoms with Crippen molar-refractivity contribution in [3.05, 3.63) is 77.5 Å². The van der Waals surface area contributed by atoms with Gasteiger partial charge < -0.3 is 0 Å². The first-order valence-electron chi connectivity index (χ1n) is 7.76. The van der Waals surface area contributed by atoms with Crippen molar-refractivity contribution >= 4 is 10.0 Å². The van der Waals surface area contributed by atoms with E-state index in [1.165, 1.54) is 0 Å². The zero-order chi connectivity index (χ0) is 16.6. The van der Waals surface area contributed by atoms with Crippen LogP contribution in [0.4, 0.5) is 0 Å². The van der Waals surface area contributed by atoms with Crippen LogP contribution >= 0.6 is 0 Å². The molecule has 0 aliphatic carbocycles. The average molecular weight is 327 g/mol. The highest BCUT2D eigenvalue weighted by molar-refractivity contribution is 7.89. The molecule has 0 spiro atoms. The fourth-order valence-corrected chi connectivity index (χ4v) is 4.99. The topological polar surface area (TPSA) is 37.4 Å². The molecule has 3 nitrogen and oxygen atoms in total. The maximum Gasteiger partial charge on any atom is 0.264 e. The van der Waals surface area contributed by atoms with Crippen molar-refractivity contribution in [2.75, 3.05) is 0 Å². The van der Waals surface area contributed by atoms with Crippen molar-refractivity contribution in [3.8, 4) is 0 Å². The van der Waals surface area contributed by atoms with Gasteiger partial charge in [-0.3, -0.25) is 4.31 Å². The highest BCUT2D eigenvalue weighted by Gasteiger charge is 2.39. The van der Waals surface area contributed by atoms with E-state index in [1.54, 1.807) is 16.4 Å². The molecule has 2 aromatic rings. The highest BCUT2D eigenvalue weighted by Crippen LogP contribution is 2.42. The van der Waals surface area contributed by atoms with Gasteiger partial charge in [-0.05, 0) is 31.5 Å². The lowest BCUT2D eigenvalue weighted by molar-refractivity contribution is 0.366. The maximum absolute atomic E-state index is 13.2. The van der Waals surface area contributed by atoms with E-state index in [9.17, 15) is 8.42 Å². The molecule has 1 aliphatic rings. The van der Waals surface area contributed by atoms with Gasteiger partial charge in [0.2, 0.25) is 0 Å². The van der Waals surface area contributed by atoms with Crippen molar-refractivity contribution in [2.45, 2.75) is 31.7 Å². The SMILES string of the molecule is CC1=CC(C)C(c2ccccc2)N1S(=O)(=O)c1ccc(C)cc1. The van der Waals surface area contributed by atoms with Crippen molar-refractivity contribution in [1.82, 2.24) is 4.31 Å². The summed E-state index contributed by atoms with van der Waals surface area (Å²) in [4.78, 5) is 0.339. The molecule has 0 saturated heterocycles. The summed E-state index contributed by atoms with van der Waals surface area (Å²) in [6.45, 7) is 5.88. The van der Waals surface area contributed by atoms with E-state index in [2.05, 4.69) is 6.92 Å². The predicted molar refractivity (Wildman–Crippen MR) is 92.3 cm³/mol. The molecule has 0 saturated carbocycles. The van der Waals surface area contributed by atoms with Crippen LogP contribution in [-0.2, 0) is 10.0 Å². The Labute approximate surface area is 138 Å². The monoisotopic (exact) mass is 327 g/mol. The van der Waals surface area contributed by atoms with Crippen LogP contribution in [0.2, 0.25) is 0 Å². The first kappa shape index (κ1) is 15.8. The Balaban J connectivity index is 2.08. The minimum Gasteiger partial charge on any atom is -0.263 e. The summed E-state index contributed by atoms with van der Waals surface area (Å²) in [7, 11) is -3.57. The van der Waals surface area contributed by atoms with Crippen LogP contribution in [-0.4, -0.2) is 12.7 Å². The number of benzene rings is 2. The second-order valence-corrected chi connectivity index (χ2v) is 7.95. The van der Waals surface area contributed by atoms with E-state index in [0.717, 1.165) is 16.8 Å². The molecule has 3 rings (SSSR count). The van der Waals surface area contributed by atoms with Gasteiger partial charge in [-0.25, -0.2) is 8.42 Å². The average Bonchev–Trinajstić information content (AvgIpc) is 2.83. The molecule has 0 aromatic heterocycles. The Morgan fingerprint density at radius 3 is 2.13 bits per heavy atom. The molecule has 23 heavy (non-hydrogen) atoms. The number of sulfonamides is 1. The lowest BCUT2D eigenvalue weighted by Gasteiger charge is -2.30. The Morgan fingerprint density at radius 1 is 0.913 bits per heavy atom. The number of aryl methyl sites for hydroxylation is 1. The van der Waals surface area contributed by atoms with Gasteiger partial charge in [0, 0.05) is 11.6 Å². The lowest BCUT2D eigenvalue weighted by atomic mass is 9.97. The quantitative estimate of drug-likeness (QED) is 0.844. The summed E-state index contributed by atoms with van der Waals surface area (Å²) < 4.78 is 27.9. The molecule has 0 N–H and O–H groups in total. The molecule has 0 bridgehead atoms. The molecule has 0 fully saturated rings. The second kappa shape index (κ2) is 5.85. The zero-order valence-electron chi connectivity index (χ0n) is 13.6. The van der Waals surface area contributed by atoms with Crippen LogP contribution in [0.25, 0.3) is 0 Å². The molecule has 0 amide bonds. The van der Waals surface area contributed by atoms with Gasteiger partial charge in [-0.1, -0.05) is 61.0 Å². The molecule has 2 aromatic carbocycles. The molecular formula is C19H21NO2S. The molecule has 1 heterocycles. The summed E-state index contributed by atoms with van der Waals surface area (Å²) in [5, 5.41) is 0. The summed E-state index contributed by atoms with van der Waals surface area (Å²) >= 11 is 0. The summed E-state index contributed by atoms with van der Waals surface area (Å²) in [5.41, 5.74) is 2.85. The number of allylic oxidation sites excluding steroid dienone is 1. The number of hydrogen-bond acceptors (Lipinski definition) is 2. The maximum atomic E-state index is 13.2. The number of rotatable bonds is 3. The molecule has 2 atom stereocenters. The zero-order valence-corrected chi connectivity index (χ0v) is 14.4. The largest absolute Gasteiger partial charge is 0.264 e. The third-order valence-corrected chi connectivity index (χ3v) is 6.22. The smallest absolute Gasteiger partial charge is 0.263 e. The molecule has 2 unspecified atom stereocenters. The molecule has 120 valence electrons. The van der Waals surface area contributed by atoms with Crippen molar-refractivity contribution < 1.29 is 8.42 Å². The van der Waals surface area contributed by atoms with Crippen molar-refractivity contribution in [3.63, 3.8) is 0 Å².